The molecule has 27 heavy (non-hydrogen) atoms. The number of aromatic nitrogens is 3. The molecule has 1 N–H and O–H groups in total. The average Bonchev–Trinajstić information content (AvgIpc) is 2.62. The predicted molar refractivity (Wildman–Crippen MR) is 99.6 cm³/mol. The van der Waals surface area contributed by atoms with E-state index in [9.17, 15) is 13.2 Å². The molecule has 0 fully saturated rings. The fourth-order valence-electron chi connectivity index (χ4n) is 2.71. The Morgan fingerprint density at radius 3 is 2.67 bits per heavy atom. The van der Waals surface area contributed by atoms with Crippen molar-refractivity contribution in [2.75, 3.05) is 11.9 Å². The maximum Gasteiger partial charge on any atom is 0.266 e. The van der Waals surface area contributed by atoms with E-state index < -0.39 is 23.8 Å². The molecule has 0 saturated heterocycles. The number of halogens is 4. The lowest BCUT2D eigenvalue weighted by molar-refractivity contribution is 0.146. The van der Waals surface area contributed by atoms with Gasteiger partial charge >= 0.3 is 0 Å². The first-order valence-corrected chi connectivity index (χ1v) is 8.98. The van der Waals surface area contributed by atoms with Crippen LogP contribution in [-0.2, 0) is 0 Å². The zero-order chi connectivity index (χ0) is 19.6. The number of pyridine rings is 1. The SMILES string of the molecule is CCOc1nc(Br)cc2c(N[C@H](C)c3cccc(C(F)F)c3F)ncnc12. The molecule has 0 unspecified atom stereocenters. The molecule has 3 rings (SSSR count). The van der Waals surface area contributed by atoms with Gasteiger partial charge in [0.15, 0.2) is 0 Å². The van der Waals surface area contributed by atoms with Crippen molar-refractivity contribution >= 4 is 32.7 Å². The standard InChI is InChI=1S/C18H16BrF3N4O/c1-3-27-18-15-12(7-13(19)26-18)17(24-8-23-15)25-9(2)10-5-4-6-11(14(10)20)16(21)22/h4-9,16H,3H2,1-2H3,(H,23,24,25)/t9-/m1/s1. The summed E-state index contributed by atoms with van der Waals surface area (Å²) in [4.78, 5) is 12.7. The number of alkyl halides is 2. The summed E-state index contributed by atoms with van der Waals surface area (Å²) < 4.78 is 46.4. The van der Waals surface area contributed by atoms with E-state index in [1.165, 1.54) is 18.5 Å². The number of ether oxygens (including phenoxy) is 1. The van der Waals surface area contributed by atoms with Gasteiger partial charge in [0.1, 0.15) is 28.1 Å². The number of fused-ring (bicyclic) bond motifs is 1. The Kier molecular flexibility index (Phi) is 5.79. The van der Waals surface area contributed by atoms with Crippen molar-refractivity contribution in [1.29, 1.82) is 0 Å². The van der Waals surface area contributed by atoms with Crippen LogP contribution >= 0.6 is 15.9 Å². The van der Waals surface area contributed by atoms with Gasteiger partial charge in [0.25, 0.3) is 6.43 Å². The van der Waals surface area contributed by atoms with E-state index >= 15 is 0 Å². The molecule has 2 heterocycles. The molecule has 5 nitrogen and oxygen atoms in total. The van der Waals surface area contributed by atoms with Crippen LogP contribution in [0, 0.1) is 5.82 Å². The second-order valence-corrected chi connectivity index (χ2v) is 6.53. The van der Waals surface area contributed by atoms with Crippen molar-refractivity contribution in [3.63, 3.8) is 0 Å². The van der Waals surface area contributed by atoms with E-state index in [-0.39, 0.29) is 5.56 Å². The molecule has 3 aromatic rings. The highest BCUT2D eigenvalue weighted by Crippen LogP contribution is 2.32. The van der Waals surface area contributed by atoms with Gasteiger partial charge < -0.3 is 10.1 Å². The normalized spacial score (nSPS) is 12.4. The molecule has 0 radical (unpaired) electrons. The third kappa shape index (κ3) is 3.97. The van der Waals surface area contributed by atoms with Crippen molar-refractivity contribution in [2.24, 2.45) is 0 Å². The minimum atomic E-state index is -2.88. The third-order valence-electron chi connectivity index (χ3n) is 3.95. The van der Waals surface area contributed by atoms with Crippen LogP contribution in [-0.4, -0.2) is 21.6 Å². The topological polar surface area (TPSA) is 59.9 Å². The molecule has 0 aliphatic rings. The lowest BCUT2D eigenvalue weighted by Gasteiger charge is -2.18. The van der Waals surface area contributed by atoms with Gasteiger partial charge in [-0.2, -0.15) is 0 Å². The van der Waals surface area contributed by atoms with Crippen molar-refractivity contribution in [3.8, 4) is 5.88 Å². The Bertz CT molecular complexity index is 971. The highest BCUT2D eigenvalue weighted by molar-refractivity contribution is 9.10. The van der Waals surface area contributed by atoms with Crippen LogP contribution in [0.1, 0.15) is 37.4 Å². The number of nitrogens with zero attached hydrogens (tertiary/aromatic N) is 3. The van der Waals surface area contributed by atoms with Crippen molar-refractivity contribution in [1.82, 2.24) is 15.0 Å². The molecule has 0 amide bonds. The fraction of sp³-hybridized carbons (Fsp3) is 0.278. The minimum Gasteiger partial charge on any atom is -0.476 e. The number of nitrogens with one attached hydrogen (secondary N) is 1. The van der Waals surface area contributed by atoms with Gasteiger partial charge in [0.05, 0.1) is 23.6 Å². The molecule has 0 spiro atoms. The summed E-state index contributed by atoms with van der Waals surface area (Å²) in [7, 11) is 0. The summed E-state index contributed by atoms with van der Waals surface area (Å²) in [5, 5.41) is 3.68. The average molecular weight is 441 g/mol. The van der Waals surface area contributed by atoms with Crippen LogP contribution in [0.25, 0.3) is 10.9 Å². The van der Waals surface area contributed by atoms with Gasteiger partial charge in [-0.25, -0.2) is 28.1 Å². The van der Waals surface area contributed by atoms with Crippen LogP contribution in [0.3, 0.4) is 0 Å². The zero-order valence-electron chi connectivity index (χ0n) is 14.5. The number of anilines is 1. The largest absolute Gasteiger partial charge is 0.476 e. The van der Waals surface area contributed by atoms with E-state index in [0.29, 0.717) is 33.8 Å². The molecule has 1 aromatic carbocycles. The molecular weight excluding hydrogens is 425 g/mol. The minimum absolute atomic E-state index is 0.123. The molecular formula is C18H16BrF3N4O. The second-order valence-electron chi connectivity index (χ2n) is 5.72. The first-order chi connectivity index (χ1) is 12.9. The maximum absolute atomic E-state index is 14.4. The summed E-state index contributed by atoms with van der Waals surface area (Å²) >= 11 is 3.32. The second kappa shape index (κ2) is 8.08. The van der Waals surface area contributed by atoms with E-state index in [4.69, 9.17) is 4.74 Å². The molecule has 0 bridgehead atoms. The van der Waals surface area contributed by atoms with E-state index in [1.807, 2.05) is 6.92 Å². The Morgan fingerprint density at radius 1 is 1.22 bits per heavy atom. The molecule has 142 valence electrons. The number of benzene rings is 1. The summed E-state index contributed by atoms with van der Waals surface area (Å²) in [6.45, 7) is 3.91. The first kappa shape index (κ1) is 19.3. The predicted octanol–water partition coefficient (Wildman–Crippen LogP) is 5.44. The van der Waals surface area contributed by atoms with Gasteiger partial charge in [0.2, 0.25) is 5.88 Å². The monoisotopic (exact) mass is 440 g/mol. The fourth-order valence-corrected chi connectivity index (χ4v) is 3.10. The lowest BCUT2D eigenvalue weighted by atomic mass is 10.0. The van der Waals surface area contributed by atoms with Crippen LogP contribution < -0.4 is 10.1 Å². The molecule has 0 aliphatic carbocycles. The van der Waals surface area contributed by atoms with E-state index in [0.717, 1.165) is 6.07 Å². The summed E-state index contributed by atoms with van der Waals surface area (Å²) in [6.07, 6.45) is -1.55. The Balaban J connectivity index is 2.01. The van der Waals surface area contributed by atoms with Gasteiger partial charge in [-0.15, -0.1) is 0 Å². The van der Waals surface area contributed by atoms with E-state index in [2.05, 4.69) is 36.2 Å². The van der Waals surface area contributed by atoms with E-state index in [1.54, 1.807) is 13.0 Å². The molecule has 1 atom stereocenters. The van der Waals surface area contributed by atoms with Gasteiger partial charge in [-0.05, 0) is 35.8 Å². The molecule has 0 saturated carbocycles. The Morgan fingerprint density at radius 2 is 1.96 bits per heavy atom. The molecule has 2 aromatic heterocycles. The van der Waals surface area contributed by atoms with Crippen LogP contribution in [0.2, 0.25) is 0 Å². The molecule has 9 heteroatoms. The van der Waals surface area contributed by atoms with Gasteiger partial charge in [-0.3, -0.25) is 0 Å². The Labute approximate surface area is 162 Å². The highest BCUT2D eigenvalue weighted by atomic mass is 79.9. The number of hydrogen-bond acceptors (Lipinski definition) is 5. The summed E-state index contributed by atoms with van der Waals surface area (Å²) in [5.41, 5.74) is -0.0106. The lowest BCUT2D eigenvalue weighted by Crippen LogP contribution is -2.12. The third-order valence-corrected chi connectivity index (χ3v) is 4.36. The quantitative estimate of drug-likeness (QED) is 0.517. The highest BCUT2D eigenvalue weighted by Gasteiger charge is 2.20. The Hall–Kier alpha value is -2.42. The summed E-state index contributed by atoms with van der Waals surface area (Å²) in [6, 6.07) is 5.05. The van der Waals surface area contributed by atoms with Crippen LogP contribution in [0.4, 0.5) is 19.0 Å². The van der Waals surface area contributed by atoms with Crippen molar-refractivity contribution < 1.29 is 17.9 Å². The van der Waals surface area contributed by atoms with Gasteiger partial charge in [0, 0.05) is 5.56 Å². The molecule has 0 aliphatic heterocycles. The number of hydrogen-bond donors (Lipinski definition) is 1. The maximum atomic E-state index is 14.4. The van der Waals surface area contributed by atoms with Crippen LogP contribution in [0.5, 0.6) is 5.88 Å². The summed E-state index contributed by atoms with van der Waals surface area (Å²) in [5.74, 6) is -0.173. The smallest absolute Gasteiger partial charge is 0.266 e. The van der Waals surface area contributed by atoms with Gasteiger partial charge in [-0.1, -0.05) is 18.2 Å². The van der Waals surface area contributed by atoms with Crippen LogP contribution in [0.15, 0.2) is 35.2 Å². The van der Waals surface area contributed by atoms with Crippen molar-refractivity contribution in [3.05, 3.63) is 52.1 Å². The van der Waals surface area contributed by atoms with Crippen molar-refractivity contribution in [2.45, 2.75) is 26.3 Å². The zero-order valence-corrected chi connectivity index (χ0v) is 16.1. The number of rotatable bonds is 6. The first-order valence-electron chi connectivity index (χ1n) is 8.19.